The van der Waals surface area contributed by atoms with E-state index in [2.05, 4.69) is 95.4 Å². The van der Waals surface area contributed by atoms with Crippen molar-refractivity contribution in [3.63, 3.8) is 0 Å². The third-order valence-corrected chi connectivity index (χ3v) is 5.30. The smallest absolute Gasteiger partial charge is 0.147 e. The van der Waals surface area contributed by atoms with Gasteiger partial charge in [0.25, 0.3) is 0 Å². The molecule has 0 fully saturated rings. The zero-order valence-corrected chi connectivity index (χ0v) is 25.2. The van der Waals surface area contributed by atoms with Gasteiger partial charge in [0, 0.05) is 0 Å². The quantitative estimate of drug-likeness (QED) is 0.224. The van der Waals surface area contributed by atoms with E-state index < -0.39 is 0 Å². The predicted octanol–water partition coefficient (Wildman–Crippen LogP) is 8.58. The number of hydrogen-bond donors (Lipinski definition) is 0. The zero-order chi connectivity index (χ0) is 22.3. The standard InChI is InChI=1S/C16H13O.C9H13.C2H6Si.2ClH.Zr/c1-17-14-7-4-6-13(11-14)16-10-9-12-5-2-3-8-15(12)16;1-6-5-7(2)9(4)8(6)3;1-3-2;;;/h2-11H,1H3;6H,1-4H3;1-2H3;2*1H;/q2*-1;;;;+2. The van der Waals surface area contributed by atoms with Crippen LogP contribution in [0.15, 0.2) is 77.4 Å². The number of benzene rings is 2. The van der Waals surface area contributed by atoms with Gasteiger partial charge in [0.1, 0.15) is 5.75 Å². The van der Waals surface area contributed by atoms with Crippen LogP contribution in [-0.2, 0) is 23.3 Å². The number of fused-ring (bicyclic) bond motifs is 1. The molecule has 5 heteroatoms. The van der Waals surface area contributed by atoms with Gasteiger partial charge in [-0.05, 0) is 12.1 Å². The molecule has 0 saturated carbocycles. The first-order valence-electron chi connectivity index (χ1n) is 10.3. The molecule has 0 radical (unpaired) electrons. The molecule has 0 heterocycles. The summed E-state index contributed by atoms with van der Waals surface area (Å²) in [6.07, 6.45) is 3.36. The summed E-state index contributed by atoms with van der Waals surface area (Å²) in [6, 6.07) is 20.9. The van der Waals surface area contributed by atoms with Gasteiger partial charge in [-0.2, -0.15) is 11.1 Å². The first kappa shape index (κ1) is 31.0. The number of allylic oxidation sites excluding steroid dienone is 4. The van der Waals surface area contributed by atoms with Crippen molar-refractivity contribution in [2.24, 2.45) is 5.92 Å². The van der Waals surface area contributed by atoms with Crippen LogP contribution in [0, 0.1) is 12.0 Å². The summed E-state index contributed by atoms with van der Waals surface area (Å²) in [5.74, 6) is 1.46. The Kier molecular flexibility index (Phi) is 14.6. The molecule has 1 aliphatic carbocycles. The summed E-state index contributed by atoms with van der Waals surface area (Å²) in [7, 11) is 1.70. The van der Waals surface area contributed by atoms with Crippen molar-refractivity contribution in [1.29, 1.82) is 0 Å². The van der Waals surface area contributed by atoms with Gasteiger partial charge in [-0.25, -0.2) is 5.57 Å². The largest absolute Gasteiger partial charge is 0.147 e. The number of ether oxygens (including phenoxy) is 1. The van der Waals surface area contributed by atoms with Gasteiger partial charge < -0.3 is 4.74 Å². The summed E-state index contributed by atoms with van der Waals surface area (Å²) < 4.78 is 5.26. The molecule has 1 atom stereocenters. The average molecular weight is 565 g/mol. The van der Waals surface area contributed by atoms with Gasteiger partial charge in [0.05, 0.1) is 7.11 Å². The van der Waals surface area contributed by atoms with E-state index in [9.17, 15) is 0 Å². The van der Waals surface area contributed by atoms with E-state index in [1.165, 1.54) is 38.6 Å². The normalized spacial score (nSPS) is 14.2. The van der Waals surface area contributed by atoms with Gasteiger partial charge in [-0.15, -0.1) is 78.4 Å². The average Bonchev–Trinajstić information content (AvgIpc) is 3.25. The van der Waals surface area contributed by atoms with Gasteiger partial charge in [-0.1, -0.05) is 50.5 Å². The van der Waals surface area contributed by atoms with Gasteiger partial charge in [0.2, 0.25) is 0 Å². The first-order valence-corrected chi connectivity index (χ1v) is 16.5. The van der Waals surface area contributed by atoms with Gasteiger partial charge >= 0.3 is 41.9 Å². The minimum absolute atomic E-state index is 0. The number of methoxy groups -OCH3 is 1. The molecule has 0 spiro atoms. The Morgan fingerprint density at radius 1 is 1.00 bits per heavy atom. The van der Waals surface area contributed by atoms with Crippen LogP contribution in [0.1, 0.15) is 27.7 Å². The molecule has 1 unspecified atom stereocenters. The van der Waals surface area contributed by atoms with Crippen molar-refractivity contribution in [3.05, 3.63) is 83.5 Å². The Labute approximate surface area is 221 Å². The second-order valence-electron chi connectivity index (χ2n) is 7.87. The second kappa shape index (κ2) is 15.0. The van der Waals surface area contributed by atoms with Gasteiger partial charge in [-0.3, -0.25) is 6.08 Å². The Hall–Kier alpha value is -0.990. The Morgan fingerprint density at radius 2 is 1.62 bits per heavy atom. The zero-order valence-electron chi connectivity index (χ0n) is 20.1. The SMILES string of the molecule is CC1=[C-]C(C)C(C)=C1C.COc1cccc(-c2c[cH-]c3ccccc23)c1.C[Si](C)=[Zr+2].Cl.Cl. The molecule has 170 valence electrons. The monoisotopic (exact) mass is 562 g/mol. The Bertz CT molecular complexity index is 1080. The molecular formula is C27H34Cl2OSiZr. The van der Waals surface area contributed by atoms with Crippen LogP contribution in [0.5, 0.6) is 5.75 Å². The molecule has 0 saturated heterocycles. The maximum absolute atomic E-state index is 5.26. The predicted molar refractivity (Wildman–Crippen MR) is 143 cm³/mol. The van der Waals surface area contributed by atoms with E-state index in [-0.39, 0.29) is 30.2 Å². The molecule has 4 rings (SSSR count). The number of rotatable bonds is 2. The van der Waals surface area contributed by atoms with Crippen molar-refractivity contribution < 1.29 is 28.1 Å². The third-order valence-electron chi connectivity index (χ3n) is 5.30. The van der Waals surface area contributed by atoms with Crippen molar-refractivity contribution in [1.82, 2.24) is 0 Å². The molecule has 32 heavy (non-hydrogen) atoms. The fraction of sp³-hybridized carbons (Fsp3) is 0.296. The van der Waals surface area contributed by atoms with Crippen LogP contribution in [0.25, 0.3) is 21.9 Å². The number of hydrogen-bond acceptors (Lipinski definition) is 1. The van der Waals surface area contributed by atoms with Crippen molar-refractivity contribution >= 4 is 41.0 Å². The third kappa shape index (κ3) is 8.75. The molecule has 0 aliphatic heterocycles. The second-order valence-corrected chi connectivity index (χ2v) is 17.2. The number of halogens is 2. The summed E-state index contributed by atoms with van der Waals surface area (Å²) in [4.78, 5) is 0. The molecule has 1 aliphatic rings. The van der Waals surface area contributed by atoms with Crippen LogP contribution in [-0.4, -0.2) is 12.5 Å². The summed E-state index contributed by atoms with van der Waals surface area (Å²) in [6.45, 7) is 13.3. The van der Waals surface area contributed by atoms with Crippen LogP contribution < -0.4 is 4.74 Å². The van der Waals surface area contributed by atoms with Crippen LogP contribution in [0.4, 0.5) is 0 Å². The molecule has 0 N–H and O–H groups in total. The first-order chi connectivity index (χ1) is 14.2. The van der Waals surface area contributed by atoms with E-state index >= 15 is 0 Å². The van der Waals surface area contributed by atoms with E-state index in [1.807, 2.05) is 12.1 Å². The molecule has 3 aromatic carbocycles. The molecule has 0 aromatic heterocycles. The minimum atomic E-state index is 0. The Morgan fingerprint density at radius 3 is 2.12 bits per heavy atom. The van der Waals surface area contributed by atoms with E-state index in [0.29, 0.717) is 5.92 Å². The van der Waals surface area contributed by atoms with E-state index in [4.69, 9.17) is 4.74 Å². The fourth-order valence-electron chi connectivity index (χ4n) is 3.35. The van der Waals surface area contributed by atoms with Crippen LogP contribution in [0.3, 0.4) is 0 Å². The topological polar surface area (TPSA) is 9.23 Å². The maximum Gasteiger partial charge on any atom is -0.147 e. The van der Waals surface area contributed by atoms with E-state index in [0.717, 1.165) is 5.75 Å². The van der Waals surface area contributed by atoms with Gasteiger partial charge in [0.15, 0.2) is 0 Å². The molecule has 3 aromatic rings. The van der Waals surface area contributed by atoms with Crippen LogP contribution in [0.2, 0.25) is 13.1 Å². The van der Waals surface area contributed by atoms with Crippen LogP contribution >= 0.6 is 24.8 Å². The minimum Gasteiger partial charge on any atom is -0.147 e. The Balaban J connectivity index is 0.000000547. The van der Waals surface area contributed by atoms with Crippen molar-refractivity contribution in [2.45, 2.75) is 40.8 Å². The molecule has 1 nitrogen and oxygen atoms in total. The molecule has 0 amide bonds. The van der Waals surface area contributed by atoms with E-state index in [1.54, 1.807) is 30.4 Å². The fourth-order valence-corrected chi connectivity index (χ4v) is 3.35. The van der Waals surface area contributed by atoms with Crippen molar-refractivity contribution in [3.8, 4) is 16.9 Å². The molecular weight excluding hydrogens is 531 g/mol. The summed E-state index contributed by atoms with van der Waals surface area (Å²) in [5.41, 5.74) is 6.92. The summed E-state index contributed by atoms with van der Waals surface area (Å²) >= 11 is 1.74. The molecule has 0 bridgehead atoms. The maximum atomic E-state index is 5.26. The summed E-state index contributed by atoms with van der Waals surface area (Å²) in [5, 5.41) is 2.58. The van der Waals surface area contributed by atoms with Crippen molar-refractivity contribution in [2.75, 3.05) is 7.11 Å².